The molecule has 0 fully saturated rings. The fourth-order valence-electron chi connectivity index (χ4n) is 2.28. The van der Waals surface area contributed by atoms with E-state index in [0.29, 0.717) is 5.13 Å². The highest BCUT2D eigenvalue weighted by Crippen LogP contribution is 2.29. The summed E-state index contributed by atoms with van der Waals surface area (Å²) >= 11 is 1.33. The number of nitrogens with zero attached hydrogens (tertiary/aromatic N) is 1. The molecular weight excluding hydrogens is 306 g/mol. The number of anilines is 1. The van der Waals surface area contributed by atoms with Crippen molar-refractivity contribution in [1.29, 1.82) is 0 Å². The number of aryl methyl sites for hydroxylation is 2. The molecule has 0 saturated carbocycles. The Morgan fingerprint density at radius 1 is 1.09 bits per heavy atom. The minimum absolute atomic E-state index is 0.0790. The van der Waals surface area contributed by atoms with Gasteiger partial charge >= 0.3 is 0 Å². The van der Waals surface area contributed by atoms with Crippen molar-refractivity contribution >= 4 is 32.6 Å². The highest BCUT2D eigenvalue weighted by molar-refractivity contribution is 7.22. The van der Waals surface area contributed by atoms with Crippen LogP contribution in [0, 0.1) is 25.5 Å². The SMILES string of the molecule is Cc1cc(C)c2nc(NC(=O)c3cc(F)cc(F)c3)sc2c1. The number of carbonyl (C=O) groups excluding carboxylic acids is 1. The number of fused-ring (bicyclic) bond motifs is 1. The zero-order valence-corrected chi connectivity index (χ0v) is 12.7. The lowest BCUT2D eigenvalue weighted by atomic mass is 10.1. The molecule has 1 amide bonds. The van der Waals surface area contributed by atoms with Gasteiger partial charge in [0.05, 0.1) is 10.2 Å². The van der Waals surface area contributed by atoms with Crippen molar-refractivity contribution in [3.8, 4) is 0 Å². The fraction of sp³-hybridized carbons (Fsp3) is 0.125. The van der Waals surface area contributed by atoms with E-state index in [4.69, 9.17) is 0 Å². The van der Waals surface area contributed by atoms with Gasteiger partial charge in [-0.3, -0.25) is 10.1 Å². The number of hydrogen-bond acceptors (Lipinski definition) is 3. The summed E-state index contributed by atoms with van der Waals surface area (Å²) in [7, 11) is 0. The topological polar surface area (TPSA) is 42.0 Å². The Bertz CT molecular complexity index is 869. The summed E-state index contributed by atoms with van der Waals surface area (Å²) in [5.74, 6) is -2.17. The number of carbonyl (C=O) groups is 1. The molecule has 112 valence electrons. The number of benzene rings is 2. The molecule has 1 aromatic heterocycles. The third-order valence-electron chi connectivity index (χ3n) is 3.18. The second-order valence-corrected chi connectivity index (χ2v) is 6.09. The zero-order valence-electron chi connectivity index (χ0n) is 11.9. The van der Waals surface area contributed by atoms with Crippen molar-refractivity contribution in [1.82, 2.24) is 4.98 Å². The Labute approximate surface area is 129 Å². The number of amides is 1. The first-order valence-corrected chi connectivity index (χ1v) is 7.39. The molecule has 1 heterocycles. The van der Waals surface area contributed by atoms with E-state index in [2.05, 4.69) is 10.3 Å². The minimum Gasteiger partial charge on any atom is -0.298 e. The minimum atomic E-state index is -0.791. The summed E-state index contributed by atoms with van der Waals surface area (Å²) in [6, 6.07) is 6.69. The van der Waals surface area contributed by atoms with Gasteiger partial charge in [0.15, 0.2) is 5.13 Å². The first kappa shape index (κ1) is 14.6. The lowest BCUT2D eigenvalue weighted by molar-refractivity contribution is 0.102. The van der Waals surface area contributed by atoms with Gasteiger partial charge in [0, 0.05) is 11.6 Å². The number of nitrogens with one attached hydrogen (secondary N) is 1. The van der Waals surface area contributed by atoms with Crippen LogP contribution in [0.5, 0.6) is 0 Å². The number of halogens is 2. The molecule has 0 saturated heterocycles. The third kappa shape index (κ3) is 2.82. The molecule has 6 heteroatoms. The summed E-state index contributed by atoms with van der Waals surface area (Å²) < 4.78 is 27.3. The molecule has 0 radical (unpaired) electrons. The van der Waals surface area contributed by atoms with Crippen molar-refractivity contribution < 1.29 is 13.6 Å². The van der Waals surface area contributed by atoms with Crippen LogP contribution in [0.15, 0.2) is 30.3 Å². The molecule has 0 aliphatic rings. The molecule has 0 unspecified atom stereocenters. The van der Waals surface area contributed by atoms with Gasteiger partial charge in [-0.15, -0.1) is 0 Å². The summed E-state index contributed by atoms with van der Waals surface area (Å²) in [4.78, 5) is 16.4. The van der Waals surface area contributed by atoms with Crippen LogP contribution < -0.4 is 5.32 Å². The van der Waals surface area contributed by atoms with Gasteiger partial charge in [-0.2, -0.15) is 0 Å². The molecule has 3 nitrogen and oxygen atoms in total. The number of rotatable bonds is 2. The van der Waals surface area contributed by atoms with Crippen LogP contribution in [0.25, 0.3) is 10.2 Å². The van der Waals surface area contributed by atoms with Crippen molar-refractivity contribution in [2.45, 2.75) is 13.8 Å². The number of thiazole rings is 1. The molecule has 3 aromatic rings. The summed E-state index contributed by atoms with van der Waals surface area (Å²) in [5.41, 5.74) is 2.86. The lowest BCUT2D eigenvalue weighted by Crippen LogP contribution is -2.12. The molecular formula is C16H12F2N2OS. The third-order valence-corrected chi connectivity index (χ3v) is 4.09. The molecule has 0 bridgehead atoms. The van der Waals surface area contributed by atoms with Gasteiger partial charge in [0.1, 0.15) is 11.6 Å². The second-order valence-electron chi connectivity index (χ2n) is 5.06. The lowest BCUT2D eigenvalue weighted by Gasteiger charge is -2.02. The number of aromatic nitrogens is 1. The van der Waals surface area contributed by atoms with Crippen LogP contribution in [-0.2, 0) is 0 Å². The Balaban J connectivity index is 1.92. The Morgan fingerprint density at radius 3 is 2.45 bits per heavy atom. The van der Waals surface area contributed by atoms with Crippen LogP contribution in [-0.4, -0.2) is 10.9 Å². The van der Waals surface area contributed by atoms with Crippen LogP contribution in [0.2, 0.25) is 0 Å². The molecule has 0 aliphatic carbocycles. The van der Waals surface area contributed by atoms with E-state index < -0.39 is 17.5 Å². The summed E-state index contributed by atoms with van der Waals surface area (Å²) in [6.07, 6.45) is 0. The molecule has 0 atom stereocenters. The van der Waals surface area contributed by atoms with Crippen LogP contribution in [0.1, 0.15) is 21.5 Å². The predicted octanol–water partition coefficient (Wildman–Crippen LogP) is 4.44. The van der Waals surface area contributed by atoms with Crippen molar-refractivity contribution in [3.63, 3.8) is 0 Å². The first-order chi connectivity index (χ1) is 10.4. The standard InChI is InChI=1S/C16H12F2N2OS/c1-8-3-9(2)14-13(4-8)22-16(19-14)20-15(21)10-5-11(17)7-12(18)6-10/h3-7H,1-2H3,(H,19,20,21). The van der Waals surface area contributed by atoms with Gasteiger partial charge in [0.2, 0.25) is 0 Å². The molecule has 3 rings (SSSR count). The smallest absolute Gasteiger partial charge is 0.257 e. The molecule has 1 N–H and O–H groups in total. The Hall–Kier alpha value is -2.34. The van der Waals surface area contributed by atoms with Crippen LogP contribution in [0.3, 0.4) is 0 Å². The maximum Gasteiger partial charge on any atom is 0.257 e. The zero-order chi connectivity index (χ0) is 15.9. The largest absolute Gasteiger partial charge is 0.298 e. The van der Waals surface area contributed by atoms with E-state index in [0.717, 1.165) is 39.5 Å². The van der Waals surface area contributed by atoms with Crippen molar-refractivity contribution in [2.24, 2.45) is 0 Å². The highest BCUT2D eigenvalue weighted by atomic mass is 32.1. The molecule has 22 heavy (non-hydrogen) atoms. The number of hydrogen-bond donors (Lipinski definition) is 1. The quantitative estimate of drug-likeness (QED) is 0.759. The maximum atomic E-state index is 13.2. The Morgan fingerprint density at radius 2 is 1.77 bits per heavy atom. The normalized spacial score (nSPS) is 10.9. The van der Waals surface area contributed by atoms with E-state index in [1.165, 1.54) is 11.3 Å². The first-order valence-electron chi connectivity index (χ1n) is 6.57. The average molecular weight is 318 g/mol. The maximum absolute atomic E-state index is 13.2. The van der Waals surface area contributed by atoms with E-state index in [9.17, 15) is 13.6 Å². The summed E-state index contributed by atoms with van der Waals surface area (Å²) in [6.45, 7) is 3.93. The predicted molar refractivity (Wildman–Crippen MR) is 83.4 cm³/mol. The van der Waals surface area contributed by atoms with Gasteiger partial charge in [-0.05, 0) is 43.2 Å². The fourth-order valence-corrected chi connectivity index (χ4v) is 3.32. The summed E-state index contributed by atoms with van der Waals surface area (Å²) in [5, 5.41) is 2.99. The van der Waals surface area contributed by atoms with E-state index in [1.54, 1.807) is 0 Å². The van der Waals surface area contributed by atoms with Crippen LogP contribution >= 0.6 is 11.3 Å². The highest BCUT2D eigenvalue weighted by Gasteiger charge is 2.13. The van der Waals surface area contributed by atoms with Gasteiger partial charge in [0.25, 0.3) is 5.91 Å². The monoisotopic (exact) mass is 318 g/mol. The molecule has 0 aliphatic heterocycles. The van der Waals surface area contributed by atoms with Crippen molar-refractivity contribution in [2.75, 3.05) is 5.32 Å². The molecule has 0 spiro atoms. The van der Waals surface area contributed by atoms with E-state index >= 15 is 0 Å². The van der Waals surface area contributed by atoms with Gasteiger partial charge in [-0.1, -0.05) is 17.4 Å². The Kier molecular flexibility index (Phi) is 3.62. The van der Waals surface area contributed by atoms with E-state index in [1.807, 2.05) is 26.0 Å². The van der Waals surface area contributed by atoms with Gasteiger partial charge in [-0.25, -0.2) is 13.8 Å². The van der Waals surface area contributed by atoms with Crippen molar-refractivity contribution in [3.05, 3.63) is 58.7 Å². The molecule has 2 aromatic carbocycles. The van der Waals surface area contributed by atoms with Gasteiger partial charge < -0.3 is 0 Å². The van der Waals surface area contributed by atoms with E-state index in [-0.39, 0.29) is 5.56 Å². The second kappa shape index (κ2) is 5.46. The average Bonchev–Trinajstić information content (AvgIpc) is 2.80. The van der Waals surface area contributed by atoms with Crippen LogP contribution in [0.4, 0.5) is 13.9 Å².